The highest BCUT2D eigenvalue weighted by Crippen LogP contribution is 2.33. The standard InChI is InChI=1S/C19H22ClN5O2/c1-12-15(9-22-24-12)19(26)25-8-2-3-17(25)16-10-21-11-18(23-16)27-14-6-4-13(20)5-7-14/h4-7,10-12,15,17,22,24H,2-3,8-9H2,1H3. The van der Waals surface area contributed by atoms with Crippen molar-refractivity contribution in [2.75, 3.05) is 13.1 Å². The molecule has 0 radical (unpaired) electrons. The number of rotatable bonds is 4. The number of likely N-dealkylation sites (tertiary alicyclic amines) is 1. The molecule has 3 atom stereocenters. The molecule has 0 bridgehead atoms. The van der Waals surface area contributed by atoms with Crippen molar-refractivity contribution < 1.29 is 9.53 Å². The molecule has 0 spiro atoms. The SMILES string of the molecule is CC1NNCC1C(=O)N1CCCC1c1cncc(Oc2ccc(Cl)cc2)n1. The predicted molar refractivity (Wildman–Crippen MR) is 101 cm³/mol. The van der Waals surface area contributed by atoms with Gasteiger partial charge in [-0.25, -0.2) is 4.98 Å². The van der Waals surface area contributed by atoms with Crippen LogP contribution in [0.4, 0.5) is 0 Å². The highest BCUT2D eigenvalue weighted by atomic mass is 35.5. The Hall–Kier alpha value is -2.22. The molecule has 142 valence electrons. The van der Waals surface area contributed by atoms with E-state index >= 15 is 0 Å². The lowest BCUT2D eigenvalue weighted by Gasteiger charge is -2.28. The number of nitrogens with one attached hydrogen (secondary N) is 2. The number of hydrazine groups is 1. The Morgan fingerprint density at radius 3 is 2.85 bits per heavy atom. The van der Waals surface area contributed by atoms with E-state index in [-0.39, 0.29) is 23.9 Å². The molecule has 1 aromatic heterocycles. The summed E-state index contributed by atoms with van der Waals surface area (Å²) < 4.78 is 5.79. The van der Waals surface area contributed by atoms with Crippen LogP contribution in [-0.4, -0.2) is 39.9 Å². The monoisotopic (exact) mass is 387 g/mol. The number of carbonyl (C=O) groups is 1. The van der Waals surface area contributed by atoms with Gasteiger partial charge in [-0.2, -0.15) is 0 Å². The van der Waals surface area contributed by atoms with E-state index < -0.39 is 0 Å². The Kier molecular flexibility index (Phi) is 5.24. The maximum Gasteiger partial charge on any atom is 0.238 e. The van der Waals surface area contributed by atoms with Crippen molar-refractivity contribution in [3.63, 3.8) is 0 Å². The van der Waals surface area contributed by atoms with E-state index in [4.69, 9.17) is 16.3 Å². The maximum atomic E-state index is 13.0. The van der Waals surface area contributed by atoms with Gasteiger partial charge in [0.15, 0.2) is 0 Å². The van der Waals surface area contributed by atoms with E-state index in [1.165, 1.54) is 0 Å². The third kappa shape index (κ3) is 3.90. The predicted octanol–water partition coefficient (Wildman–Crippen LogP) is 2.70. The van der Waals surface area contributed by atoms with Crippen LogP contribution in [0.3, 0.4) is 0 Å². The molecule has 2 fully saturated rings. The van der Waals surface area contributed by atoms with Gasteiger partial charge in [-0.05, 0) is 44.0 Å². The lowest BCUT2D eigenvalue weighted by molar-refractivity contribution is -0.136. The van der Waals surface area contributed by atoms with E-state index in [0.29, 0.717) is 23.2 Å². The fourth-order valence-electron chi connectivity index (χ4n) is 3.65. The molecule has 8 heteroatoms. The average molecular weight is 388 g/mol. The summed E-state index contributed by atoms with van der Waals surface area (Å²) in [4.78, 5) is 23.8. The first-order chi connectivity index (χ1) is 13.1. The van der Waals surface area contributed by atoms with E-state index in [1.807, 2.05) is 11.8 Å². The summed E-state index contributed by atoms with van der Waals surface area (Å²) in [5.74, 6) is 1.15. The largest absolute Gasteiger partial charge is 0.437 e. The molecular weight excluding hydrogens is 366 g/mol. The molecule has 27 heavy (non-hydrogen) atoms. The van der Waals surface area contributed by atoms with Gasteiger partial charge in [-0.1, -0.05) is 11.6 Å². The number of carbonyl (C=O) groups excluding carboxylic acids is 1. The molecule has 1 amide bonds. The number of amides is 1. The fraction of sp³-hybridized carbons (Fsp3) is 0.421. The Labute approximate surface area is 163 Å². The maximum absolute atomic E-state index is 13.0. The second-order valence-electron chi connectivity index (χ2n) is 6.95. The van der Waals surface area contributed by atoms with Crippen molar-refractivity contribution in [3.8, 4) is 11.6 Å². The molecular formula is C19H22ClN5O2. The second kappa shape index (κ2) is 7.80. The highest BCUT2D eigenvalue weighted by Gasteiger charge is 2.38. The normalized spacial score (nSPS) is 25.0. The Morgan fingerprint density at radius 1 is 1.30 bits per heavy atom. The van der Waals surface area contributed by atoms with Crippen LogP contribution in [0.1, 0.15) is 31.5 Å². The van der Waals surface area contributed by atoms with Crippen molar-refractivity contribution in [2.24, 2.45) is 5.92 Å². The molecule has 3 heterocycles. The summed E-state index contributed by atoms with van der Waals surface area (Å²) in [5, 5.41) is 0.646. The Bertz CT molecular complexity index is 816. The molecule has 3 unspecified atom stereocenters. The van der Waals surface area contributed by atoms with Gasteiger partial charge < -0.3 is 9.64 Å². The van der Waals surface area contributed by atoms with E-state index in [1.54, 1.807) is 36.7 Å². The Morgan fingerprint density at radius 2 is 2.11 bits per heavy atom. The van der Waals surface area contributed by atoms with Gasteiger partial charge >= 0.3 is 0 Å². The number of benzene rings is 1. The van der Waals surface area contributed by atoms with Gasteiger partial charge in [0.05, 0.1) is 30.0 Å². The van der Waals surface area contributed by atoms with Crippen molar-refractivity contribution in [1.29, 1.82) is 0 Å². The minimum absolute atomic E-state index is 0.0629. The quantitative estimate of drug-likeness (QED) is 0.839. The van der Waals surface area contributed by atoms with E-state index in [2.05, 4.69) is 20.8 Å². The lowest BCUT2D eigenvalue weighted by Crippen LogP contribution is -2.41. The number of halogens is 1. The van der Waals surface area contributed by atoms with Crippen LogP contribution in [0, 0.1) is 5.92 Å². The molecule has 0 aliphatic carbocycles. The molecule has 2 aliphatic rings. The lowest BCUT2D eigenvalue weighted by atomic mass is 10.0. The third-order valence-corrected chi connectivity index (χ3v) is 5.37. The number of hydrogen-bond donors (Lipinski definition) is 2. The average Bonchev–Trinajstić information content (AvgIpc) is 3.32. The summed E-state index contributed by atoms with van der Waals surface area (Å²) in [6, 6.07) is 7.14. The molecule has 2 saturated heterocycles. The molecule has 0 saturated carbocycles. The van der Waals surface area contributed by atoms with Gasteiger partial charge in [0.1, 0.15) is 5.75 Å². The van der Waals surface area contributed by atoms with Crippen molar-refractivity contribution in [1.82, 2.24) is 25.7 Å². The number of ether oxygens (including phenoxy) is 1. The van der Waals surface area contributed by atoms with Crippen LogP contribution < -0.4 is 15.6 Å². The van der Waals surface area contributed by atoms with Crippen LogP contribution in [-0.2, 0) is 4.79 Å². The second-order valence-corrected chi connectivity index (χ2v) is 7.38. The first-order valence-electron chi connectivity index (χ1n) is 9.16. The minimum atomic E-state index is -0.0634. The summed E-state index contributed by atoms with van der Waals surface area (Å²) in [7, 11) is 0. The first kappa shape index (κ1) is 18.2. The van der Waals surface area contributed by atoms with Crippen LogP contribution in [0.5, 0.6) is 11.6 Å². The van der Waals surface area contributed by atoms with Gasteiger partial charge in [-0.15, -0.1) is 0 Å². The smallest absolute Gasteiger partial charge is 0.238 e. The number of hydrogen-bond acceptors (Lipinski definition) is 6. The molecule has 7 nitrogen and oxygen atoms in total. The van der Waals surface area contributed by atoms with Crippen molar-refractivity contribution in [2.45, 2.75) is 31.8 Å². The summed E-state index contributed by atoms with van der Waals surface area (Å²) in [6.07, 6.45) is 5.14. The summed E-state index contributed by atoms with van der Waals surface area (Å²) in [5.41, 5.74) is 6.94. The first-order valence-corrected chi connectivity index (χ1v) is 9.54. The van der Waals surface area contributed by atoms with Crippen molar-refractivity contribution >= 4 is 17.5 Å². The Balaban J connectivity index is 1.51. The molecule has 2 aromatic rings. The molecule has 2 N–H and O–H groups in total. The zero-order valence-corrected chi connectivity index (χ0v) is 15.8. The minimum Gasteiger partial charge on any atom is -0.437 e. The van der Waals surface area contributed by atoms with Gasteiger partial charge in [-0.3, -0.25) is 20.6 Å². The van der Waals surface area contributed by atoms with Crippen LogP contribution in [0.15, 0.2) is 36.7 Å². The van der Waals surface area contributed by atoms with Crippen LogP contribution >= 0.6 is 11.6 Å². The molecule has 2 aliphatic heterocycles. The fourth-order valence-corrected chi connectivity index (χ4v) is 3.78. The van der Waals surface area contributed by atoms with Crippen molar-refractivity contribution in [3.05, 3.63) is 47.4 Å². The molecule has 4 rings (SSSR count). The summed E-state index contributed by atoms with van der Waals surface area (Å²) in [6.45, 7) is 3.42. The van der Waals surface area contributed by atoms with E-state index in [9.17, 15) is 4.79 Å². The number of aromatic nitrogens is 2. The zero-order valence-electron chi connectivity index (χ0n) is 15.1. The van der Waals surface area contributed by atoms with Gasteiger partial charge in [0.25, 0.3) is 0 Å². The van der Waals surface area contributed by atoms with Crippen LogP contribution in [0.25, 0.3) is 0 Å². The van der Waals surface area contributed by atoms with Crippen LogP contribution in [0.2, 0.25) is 5.02 Å². The van der Waals surface area contributed by atoms with E-state index in [0.717, 1.165) is 25.1 Å². The molecule has 1 aromatic carbocycles. The third-order valence-electron chi connectivity index (χ3n) is 5.12. The summed E-state index contributed by atoms with van der Waals surface area (Å²) >= 11 is 5.91. The van der Waals surface area contributed by atoms with Gasteiger partial charge in [0.2, 0.25) is 11.8 Å². The van der Waals surface area contributed by atoms with Gasteiger partial charge in [0, 0.05) is 24.2 Å². The topological polar surface area (TPSA) is 79.4 Å². The number of nitrogens with zero attached hydrogens (tertiary/aromatic N) is 3. The zero-order chi connectivity index (χ0) is 18.8. The highest BCUT2D eigenvalue weighted by molar-refractivity contribution is 6.30.